The van der Waals surface area contributed by atoms with Crippen LogP contribution in [0.5, 0.6) is 5.75 Å². The third-order valence-corrected chi connectivity index (χ3v) is 5.31. The van der Waals surface area contributed by atoms with E-state index in [1.807, 2.05) is 42.6 Å². The number of imidazole rings is 1. The number of nitrogens with one attached hydrogen (secondary N) is 1. The smallest absolute Gasteiger partial charge is 0.257 e. The third kappa shape index (κ3) is 2.90. The van der Waals surface area contributed by atoms with Crippen molar-refractivity contribution in [3.05, 3.63) is 41.6 Å². The fraction of sp³-hybridized carbons (Fsp3) is 0.188. The second-order valence-corrected chi connectivity index (χ2v) is 7.39. The molecule has 0 spiro atoms. The molecule has 1 atom stereocenters. The second-order valence-electron chi connectivity index (χ2n) is 5.11. The molecule has 0 amide bonds. The molecule has 6 nitrogen and oxygen atoms in total. The molecule has 1 aromatic carbocycles. The van der Waals surface area contributed by atoms with Crippen LogP contribution >= 0.6 is 23.1 Å². The van der Waals surface area contributed by atoms with Crippen molar-refractivity contribution >= 4 is 34.1 Å². The zero-order valence-corrected chi connectivity index (χ0v) is 14.6. The monoisotopic (exact) mass is 358 g/mol. The van der Waals surface area contributed by atoms with E-state index in [1.165, 1.54) is 0 Å². The number of ether oxygens (including phenoxy) is 1. The number of methoxy groups -OCH3 is 1. The summed E-state index contributed by atoms with van der Waals surface area (Å²) in [5.41, 5.74) is 1.84. The van der Waals surface area contributed by atoms with Gasteiger partial charge in [-0.3, -0.25) is 0 Å². The molecule has 0 saturated heterocycles. The molecule has 0 radical (unpaired) electrons. The minimum Gasteiger partial charge on any atom is -0.497 e. The number of H-pyrrole nitrogens is 1. The van der Waals surface area contributed by atoms with Gasteiger partial charge in [0.05, 0.1) is 28.3 Å². The number of rotatable bonds is 5. The van der Waals surface area contributed by atoms with Crippen molar-refractivity contribution in [3.8, 4) is 16.5 Å². The first-order valence-electron chi connectivity index (χ1n) is 7.30. The van der Waals surface area contributed by atoms with Gasteiger partial charge < -0.3 is 14.1 Å². The normalized spacial score (nSPS) is 12.6. The highest BCUT2D eigenvalue weighted by atomic mass is 32.2. The van der Waals surface area contributed by atoms with E-state index in [0.29, 0.717) is 11.8 Å². The lowest BCUT2D eigenvalue weighted by atomic mass is 10.3. The Hall–Kier alpha value is -2.32. The summed E-state index contributed by atoms with van der Waals surface area (Å²) in [5.74, 6) is 1.94. The fourth-order valence-electron chi connectivity index (χ4n) is 2.26. The zero-order chi connectivity index (χ0) is 16.5. The molecular weight excluding hydrogens is 344 g/mol. The summed E-state index contributed by atoms with van der Waals surface area (Å²) in [7, 11) is 1.65. The predicted molar refractivity (Wildman–Crippen MR) is 94.5 cm³/mol. The molecule has 1 N–H and O–H groups in total. The fourth-order valence-corrected chi connectivity index (χ4v) is 3.76. The summed E-state index contributed by atoms with van der Waals surface area (Å²) in [4.78, 5) is 8.84. The summed E-state index contributed by atoms with van der Waals surface area (Å²) >= 11 is 3.12. The maximum Gasteiger partial charge on any atom is 0.257 e. The highest BCUT2D eigenvalue weighted by Crippen LogP contribution is 2.35. The summed E-state index contributed by atoms with van der Waals surface area (Å²) in [6.07, 6.45) is 0. The molecule has 0 aliphatic rings. The van der Waals surface area contributed by atoms with Gasteiger partial charge in [0.25, 0.3) is 5.89 Å². The van der Waals surface area contributed by atoms with E-state index in [-0.39, 0.29) is 5.25 Å². The quantitative estimate of drug-likeness (QED) is 0.528. The van der Waals surface area contributed by atoms with Gasteiger partial charge in [-0.1, -0.05) is 17.8 Å². The van der Waals surface area contributed by atoms with Crippen LogP contribution < -0.4 is 4.74 Å². The van der Waals surface area contributed by atoms with Gasteiger partial charge >= 0.3 is 0 Å². The van der Waals surface area contributed by atoms with Crippen LogP contribution in [0, 0.1) is 0 Å². The molecule has 8 heteroatoms. The lowest BCUT2D eigenvalue weighted by molar-refractivity contribution is 0.415. The van der Waals surface area contributed by atoms with Crippen LogP contribution in [0.3, 0.4) is 0 Å². The van der Waals surface area contributed by atoms with E-state index in [0.717, 1.165) is 26.8 Å². The Morgan fingerprint density at radius 2 is 2.21 bits per heavy atom. The Balaban J connectivity index is 1.54. The van der Waals surface area contributed by atoms with E-state index in [1.54, 1.807) is 30.2 Å². The van der Waals surface area contributed by atoms with Crippen LogP contribution in [-0.4, -0.2) is 27.3 Å². The first-order valence-corrected chi connectivity index (χ1v) is 9.06. The van der Waals surface area contributed by atoms with E-state index in [9.17, 15) is 0 Å². The topological polar surface area (TPSA) is 76.8 Å². The van der Waals surface area contributed by atoms with Crippen LogP contribution in [0.4, 0.5) is 0 Å². The van der Waals surface area contributed by atoms with Crippen molar-refractivity contribution < 1.29 is 9.15 Å². The number of aromatic nitrogens is 4. The van der Waals surface area contributed by atoms with Gasteiger partial charge in [-0.25, -0.2) is 4.98 Å². The number of hydrogen-bond acceptors (Lipinski definition) is 7. The SMILES string of the molecule is COc1ccc2nc(S[C@H](C)c3nnc(-c4cccs4)o3)[nH]c2c1. The number of thioether (sulfide) groups is 1. The molecular formula is C16H14N4O2S2. The Kier molecular flexibility index (Phi) is 3.99. The molecule has 0 fully saturated rings. The zero-order valence-electron chi connectivity index (χ0n) is 13.0. The van der Waals surface area contributed by atoms with Crippen molar-refractivity contribution in [3.63, 3.8) is 0 Å². The number of aromatic amines is 1. The van der Waals surface area contributed by atoms with Crippen LogP contribution in [0.15, 0.2) is 45.3 Å². The molecule has 4 aromatic rings. The van der Waals surface area contributed by atoms with Gasteiger partial charge in [-0.05, 0) is 30.5 Å². The number of benzene rings is 1. The van der Waals surface area contributed by atoms with E-state index < -0.39 is 0 Å². The van der Waals surface area contributed by atoms with Crippen molar-refractivity contribution in [1.29, 1.82) is 0 Å². The minimum atomic E-state index is -0.00586. The molecule has 3 aromatic heterocycles. The molecule has 0 bridgehead atoms. The standard InChI is InChI=1S/C16H14N4O2S2/c1-9(14-19-20-15(22-14)13-4-3-7-23-13)24-16-17-11-6-5-10(21-2)8-12(11)18-16/h3-9H,1-2H3,(H,17,18)/t9-/m1/s1. The van der Waals surface area contributed by atoms with Crippen LogP contribution in [0.2, 0.25) is 0 Å². The second kappa shape index (κ2) is 6.29. The Bertz CT molecular complexity index is 962. The molecule has 0 saturated carbocycles. The molecule has 24 heavy (non-hydrogen) atoms. The average Bonchev–Trinajstić information content (AvgIpc) is 3.32. The van der Waals surface area contributed by atoms with Gasteiger partial charge in [-0.15, -0.1) is 21.5 Å². The van der Waals surface area contributed by atoms with Crippen LogP contribution in [-0.2, 0) is 0 Å². The van der Waals surface area contributed by atoms with Crippen molar-refractivity contribution in [2.75, 3.05) is 7.11 Å². The highest BCUT2D eigenvalue weighted by Gasteiger charge is 2.18. The van der Waals surface area contributed by atoms with Crippen molar-refractivity contribution in [2.24, 2.45) is 0 Å². The maximum atomic E-state index is 5.78. The summed E-state index contributed by atoms with van der Waals surface area (Å²) in [6, 6.07) is 9.68. The maximum absolute atomic E-state index is 5.78. The van der Waals surface area contributed by atoms with E-state index in [4.69, 9.17) is 9.15 Å². The third-order valence-electron chi connectivity index (χ3n) is 3.48. The first-order chi connectivity index (χ1) is 11.7. The van der Waals surface area contributed by atoms with Gasteiger partial charge in [0.2, 0.25) is 5.89 Å². The molecule has 122 valence electrons. The van der Waals surface area contributed by atoms with Crippen molar-refractivity contribution in [2.45, 2.75) is 17.3 Å². The van der Waals surface area contributed by atoms with E-state index >= 15 is 0 Å². The largest absolute Gasteiger partial charge is 0.497 e. The lowest BCUT2D eigenvalue weighted by Crippen LogP contribution is -1.89. The molecule has 4 rings (SSSR count). The van der Waals surface area contributed by atoms with E-state index in [2.05, 4.69) is 20.2 Å². The predicted octanol–water partition coefficient (Wildman–Crippen LogP) is 4.54. The molecule has 3 heterocycles. The Labute approximate surface area is 146 Å². The van der Waals surface area contributed by atoms with Gasteiger partial charge in [0.15, 0.2) is 5.16 Å². The average molecular weight is 358 g/mol. The number of fused-ring (bicyclic) bond motifs is 1. The summed E-state index contributed by atoms with van der Waals surface area (Å²) < 4.78 is 11.0. The van der Waals surface area contributed by atoms with Gasteiger partial charge in [0.1, 0.15) is 5.75 Å². The minimum absolute atomic E-state index is 0.00586. The number of thiophene rings is 1. The summed E-state index contributed by atoms with van der Waals surface area (Å²) in [5, 5.41) is 11.1. The van der Waals surface area contributed by atoms with Gasteiger partial charge in [-0.2, -0.15) is 0 Å². The van der Waals surface area contributed by atoms with Crippen LogP contribution in [0.1, 0.15) is 18.1 Å². The molecule has 0 aliphatic heterocycles. The molecule has 0 unspecified atom stereocenters. The first kappa shape index (κ1) is 15.2. The Morgan fingerprint density at radius 3 is 3.00 bits per heavy atom. The van der Waals surface area contributed by atoms with Crippen molar-refractivity contribution in [1.82, 2.24) is 20.2 Å². The number of hydrogen-bond donors (Lipinski definition) is 1. The molecule has 0 aliphatic carbocycles. The Morgan fingerprint density at radius 1 is 1.29 bits per heavy atom. The highest BCUT2D eigenvalue weighted by molar-refractivity contribution is 7.99. The lowest BCUT2D eigenvalue weighted by Gasteiger charge is -2.02. The van der Waals surface area contributed by atoms with Crippen LogP contribution in [0.25, 0.3) is 21.8 Å². The number of nitrogens with zero attached hydrogens (tertiary/aromatic N) is 3. The summed E-state index contributed by atoms with van der Waals surface area (Å²) in [6.45, 7) is 2.02. The van der Waals surface area contributed by atoms with Gasteiger partial charge in [0, 0.05) is 6.07 Å².